The number of amides is 1. The topological polar surface area (TPSA) is 75.7 Å². The number of sulfonamides is 1. The van der Waals surface area contributed by atoms with Gasteiger partial charge in [-0.1, -0.05) is 18.2 Å². The second kappa shape index (κ2) is 7.48. The van der Waals surface area contributed by atoms with Gasteiger partial charge in [-0.3, -0.25) is 4.79 Å². The lowest BCUT2D eigenvalue weighted by Gasteiger charge is -2.34. The van der Waals surface area contributed by atoms with Gasteiger partial charge in [-0.05, 0) is 38.5 Å². The molecular weight excluding hydrogens is 372 g/mol. The maximum absolute atomic E-state index is 12.9. The molecule has 1 aromatic carbocycles. The summed E-state index contributed by atoms with van der Waals surface area (Å²) < 4.78 is 32.8. The fourth-order valence-electron chi connectivity index (χ4n) is 2.95. The predicted molar refractivity (Wildman–Crippen MR) is 102 cm³/mol. The fraction of sp³-hybridized carbons (Fsp3) is 0.389. The molecule has 2 aromatic rings. The first kappa shape index (κ1) is 19.0. The van der Waals surface area contributed by atoms with Gasteiger partial charge < -0.3 is 10.1 Å². The van der Waals surface area contributed by atoms with E-state index in [1.807, 2.05) is 45.0 Å². The third-order valence-electron chi connectivity index (χ3n) is 4.22. The number of anilines is 1. The number of hydrogen-bond acceptors (Lipinski definition) is 5. The van der Waals surface area contributed by atoms with Crippen LogP contribution in [0.4, 0.5) is 5.69 Å². The highest BCUT2D eigenvalue weighted by atomic mass is 32.2. The van der Waals surface area contributed by atoms with E-state index >= 15 is 0 Å². The lowest BCUT2D eigenvalue weighted by molar-refractivity contribution is -0.0440. The van der Waals surface area contributed by atoms with Crippen molar-refractivity contribution in [3.63, 3.8) is 0 Å². The summed E-state index contributed by atoms with van der Waals surface area (Å²) in [5.41, 5.74) is 1.66. The lowest BCUT2D eigenvalue weighted by Crippen LogP contribution is -2.47. The van der Waals surface area contributed by atoms with E-state index in [9.17, 15) is 13.2 Å². The highest BCUT2D eigenvalue weighted by molar-refractivity contribution is 7.89. The standard InChI is InChI=1S/C18H22N2O4S2/c1-12-6-4-5-7-16(12)19-18(21)17-8-15(11-25-17)26(22,23)20-9-13(2)24-14(3)10-20/h4-8,11,13-14H,9-10H2,1-3H3,(H,19,21)/t13-,14-/m0/s1. The van der Waals surface area contributed by atoms with Gasteiger partial charge in [-0.15, -0.1) is 11.3 Å². The molecule has 0 spiro atoms. The van der Waals surface area contributed by atoms with E-state index in [1.54, 1.807) is 0 Å². The molecule has 1 aliphatic rings. The Balaban J connectivity index is 1.78. The summed E-state index contributed by atoms with van der Waals surface area (Å²) in [6, 6.07) is 8.90. The number of aryl methyl sites for hydroxylation is 1. The zero-order chi connectivity index (χ0) is 18.9. The maximum atomic E-state index is 12.9. The molecule has 1 amide bonds. The Morgan fingerprint density at radius 1 is 1.23 bits per heavy atom. The van der Waals surface area contributed by atoms with Crippen molar-refractivity contribution in [1.29, 1.82) is 0 Å². The summed E-state index contributed by atoms with van der Waals surface area (Å²) in [5, 5.41) is 4.35. The molecule has 1 aliphatic heterocycles. The van der Waals surface area contributed by atoms with Crippen LogP contribution in [0.15, 0.2) is 40.6 Å². The zero-order valence-electron chi connectivity index (χ0n) is 14.9. The number of nitrogens with one attached hydrogen (secondary N) is 1. The third kappa shape index (κ3) is 3.98. The molecular formula is C18H22N2O4S2. The summed E-state index contributed by atoms with van der Waals surface area (Å²) in [6.45, 7) is 6.24. The van der Waals surface area contributed by atoms with E-state index in [-0.39, 0.29) is 23.0 Å². The minimum Gasteiger partial charge on any atom is -0.373 e. The molecule has 140 valence electrons. The molecule has 26 heavy (non-hydrogen) atoms. The van der Waals surface area contributed by atoms with Crippen LogP contribution in [0.2, 0.25) is 0 Å². The van der Waals surface area contributed by atoms with Crippen LogP contribution in [-0.4, -0.2) is 43.9 Å². The number of para-hydroxylation sites is 1. The molecule has 1 saturated heterocycles. The van der Waals surface area contributed by atoms with E-state index < -0.39 is 10.0 Å². The van der Waals surface area contributed by atoms with E-state index in [0.29, 0.717) is 23.7 Å². The van der Waals surface area contributed by atoms with Gasteiger partial charge in [0.15, 0.2) is 0 Å². The van der Waals surface area contributed by atoms with Crippen LogP contribution in [0.1, 0.15) is 29.1 Å². The fourth-order valence-corrected chi connectivity index (χ4v) is 5.69. The Labute approximate surface area is 157 Å². The van der Waals surface area contributed by atoms with Crippen molar-refractivity contribution in [1.82, 2.24) is 4.31 Å². The van der Waals surface area contributed by atoms with Crippen molar-refractivity contribution in [2.45, 2.75) is 37.9 Å². The van der Waals surface area contributed by atoms with Gasteiger partial charge in [0.05, 0.1) is 22.0 Å². The van der Waals surface area contributed by atoms with Crippen molar-refractivity contribution in [3.8, 4) is 0 Å². The largest absolute Gasteiger partial charge is 0.373 e. The van der Waals surface area contributed by atoms with Crippen molar-refractivity contribution < 1.29 is 17.9 Å². The molecule has 8 heteroatoms. The second-order valence-electron chi connectivity index (χ2n) is 6.50. The van der Waals surface area contributed by atoms with Gasteiger partial charge in [-0.2, -0.15) is 4.31 Å². The monoisotopic (exact) mass is 394 g/mol. The maximum Gasteiger partial charge on any atom is 0.265 e. The van der Waals surface area contributed by atoms with Crippen molar-refractivity contribution in [2.75, 3.05) is 18.4 Å². The molecule has 1 N–H and O–H groups in total. The summed E-state index contributed by atoms with van der Waals surface area (Å²) in [6.07, 6.45) is -0.313. The Morgan fingerprint density at radius 2 is 1.88 bits per heavy atom. The first-order valence-electron chi connectivity index (χ1n) is 8.38. The quantitative estimate of drug-likeness (QED) is 0.865. The Hall–Kier alpha value is -1.74. The summed E-state index contributed by atoms with van der Waals surface area (Å²) >= 11 is 1.13. The highest BCUT2D eigenvalue weighted by Gasteiger charge is 2.33. The van der Waals surface area contributed by atoms with Crippen LogP contribution in [-0.2, 0) is 14.8 Å². The van der Waals surface area contributed by atoms with Gasteiger partial charge in [0.2, 0.25) is 10.0 Å². The van der Waals surface area contributed by atoms with Gasteiger partial charge in [0.1, 0.15) is 0 Å². The summed E-state index contributed by atoms with van der Waals surface area (Å²) in [7, 11) is -3.64. The van der Waals surface area contributed by atoms with Crippen LogP contribution in [0.5, 0.6) is 0 Å². The normalized spacial score (nSPS) is 21.5. The Kier molecular flexibility index (Phi) is 5.47. The smallest absolute Gasteiger partial charge is 0.265 e. The third-order valence-corrected chi connectivity index (χ3v) is 7.10. The van der Waals surface area contributed by atoms with Crippen LogP contribution in [0.25, 0.3) is 0 Å². The molecule has 2 heterocycles. The predicted octanol–water partition coefficient (Wildman–Crippen LogP) is 3.11. The highest BCUT2D eigenvalue weighted by Crippen LogP contribution is 2.26. The SMILES string of the molecule is Cc1ccccc1NC(=O)c1cc(S(=O)(=O)N2C[C@H](C)O[C@@H](C)C2)cs1. The average Bonchev–Trinajstić information content (AvgIpc) is 3.07. The second-order valence-corrected chi connectivity index (χ2v) is 9.34. The minimum absolute atomic E-state index is 0.152. The van der Waals surface area contributed by atoms with Crippen LogP contribution in [0.3, 0.4) is 0 Å². The van der Waals surface area contributed by atoms with Crippen LogP contribution >= 0.6 is 11.3 Å². The number of carbonyl (C=O) groups excluding carboxylic acids is 1. The first-order valence-corrected chi connectivity index (χ1v) is 10.7. The van der Waals surface area contributed by atoms with Gasteiger partial charge in [0.25, 0.3) is 5.91 Å². The first-order chi connectivity index (χ1) is 12.3. The van der Waals surface area contributed by atoms with E-state index in [2.05, 4.69) is 5.32 Å². The number of benzene rings is 1. The van der Waals surface area contributed by atoms with E-state index in [4.69, 9.17) is 4.74 Å². The van der Waals surface area contributed by atoms with E-state index in [1.165, 1.54) is 15.8 Å². The summed E-state index contributed by atoms with van der Waals surface area (Å²) in [4.78, 5) is 13.0. The number of hydrogen-bond donors (Lipinski definition) is 1. The van der Waals surface area contributed by atoms with Crippen LogP contribution < -0.4 is 5.32 Å². The van der Waals surface area contributed by atoms with E-state index in [0.717, 1.165) is 16.9 Å². The van der Waals surface area contributed by atoms with Gasteiger partial charge >= 0.3 is 0 Å². The molecule has 6 nitrogen and oxygen atoms in total. The van der Waals surface area contributed by atoms with Gasteiger partial charge in [-0.25, -0.2) is 8.42 Å². The molecule has 0 aliphatic carbocycles. The van der Waals surface area contributed by atoms with Crippen molar-refractivity contribution in [2.24, 2.45) is 0 Å². The number of carbonyl (C=O) groups is 1. The molecule has 3 rings (SSSR count). The van der Waals surface area contributed by atoms with Crippen molar-refractivity contribution >= 4 is 33.0 Å². The number of nitrogens with zero attached hydrogens (tertiary/aromatic N) is 1. The number of thiophene rings is 1. The lowest BCUT2D eigenvalue weighted by atomic mass is 10.2. The molecule has 0 radical (unpaired) electrons. The number of morpholine rings is 1. The molecule has 0 bridgehead atoms. The number of rotatable bonds is 4. The molecule has 2 atom stereocenters. The van der Waals surface area contributed by atoms with Crippen LogP contribution in [0, 0.1) is 6.92 Å². The van der Waals surface area contributed by atoms with Gasteiger partial charge in [0, 0.05) is 24.2 Å². The van der Waals surface area contributed by atoms with Crippen molar-refractivity contribution in [3.05, 3.63) is 46.2 Å². The zero-order valence-corrected chi connectivity index (χ0v) is 16.6. The number of ether oxygens (including phenoxy) is 1. The minimum atomic E-state index is -3.64. The molecule has 1 aromatic heterocycles. The average molecular weight is 395 g/mol. The molecule has 1 fully saturated rings. The Morgan fingerprint density at radius 3 is 2.54 bits per heavy atom. The Bertz CT molecular complexity index is 897. The summed E-state index contributed by atoms with van der Waals surface area (Å²) in [5.74, 6) is -0.311. The molecule has 0 saturated carbocycles. The molecule has 0 unspecified atom stereocenters.